The van der Waals surface area contributed by atoms with Crippen LogP contribution in [-0.4, -0.2) is 15.6 Å². The quantitative estimate of drug-likeness (QED) is 0.773. The highest BCUT2D eigenvalue weighted by Gasteiger charge is 2.22. The number of furan rings is 1. The molecule has 20 heavy (non-hydrogen) atoms. The fraction of sp³-hybridized carbons (Fsp3) is 0.312. The summed E-state index contributed by atoms with van der Waals surface area (Å²) in [6, 6.07) is 8.96. The fourth-order valence-electron chi connectivity index (χ4n) is 2.55. The molecule has 1 saturated carbocycles. The van der Waals surface area contributed by atoms with Gasteiger partial charge in [-0.15, -0.1) is 0 Å². The number of fused-ring (bicyclic) bond motifs is 1. The van der Waals surface area contributed by atoms with Gasteiger partial charge < -0.3 is 14.3 Å². The molecule has 3 aromatic rings. The molecule has 0 aliphatic heterocycles. The molecule has 0 atom stereocenters. The van der Waals surface area contributed by atoms with Gasteiger partial charge in [-0.2, -0.15) is 0 Å². The van der Waals surface area contributed by atoms with Gasteiger partial charge in [-0.25, -0.2) is 4.98 Å². The minimum atomic E-state index is 0.699. The van der Waals surface area contributed by atoms with Gasteiger partial charge in [0, 0.05) is 35.9 Å². The van der Waals surface area contributed by atoms with Crippen molar-refractivity contribution in [3.63, 3.8) is 0 Å². The van der Waals surface area contributed by atoms with E-state index in [1.165, 1.54) is 23.8 Å². The summed E-state index contributed by atoms with van der Waals surface area (Å²) in [5.74, 6) is 1.03. The normalized spacial score (nSPS) is 15.0. The summed E-state index contributed by atoms with van der Waals surface area (Å²) < 4.78 is 8.08. The van der Waals surface area contributed by atoms with Gasteiger partial charge in [0.2, 0.25) is 0 Å². The predicted molar refractivity (Wildman–Crippen MR) is 77.4 cm³/mol. The Bertz CT molecular complexity index is 710. The molecule has 0 spiro atoms. The Morgan fingerprint density at radius 2 is 2.20 bits per heavy atom. The van der Waals surface area contributed by atoms with Gasteiger partial charge in [0.05, 0.1) is 12.9 Å². The van der Waals surface area contributed by atoms with E-state index < -0.39 is 0 Å². The van der Waals surface area contributed by atoms with Crippen molar-refractivity contribution in [3.05, 3.63) is 54.3 Å². The smallest absolute Gasteiger partial charge is 0.134 e. The molecule has 0 saturated heterocycles. The zero-order valence-electron chi connectivity index (χ0n) is 11.2. The first-order valence-electron chi connectivity index (χ1n) is 7.08. The maximum absolute atomic E-state index is 6.04. The summed E-state index contributed by atoms with van der Waals surface area (Å²) >= 11 is 0. The highest BCUT2D eigenvalue weighted by molar-refractivity contribution is 5.82. The van der Waals surface area contributed by atoms with Crippen LogP contribution in [0.1, 0.15) is 24.2 Å². The predicted octanol–water partition coefficient (Wildman–Crippen LogP) is 2.93. The van der Waals surface area contributed by atoms with Crippen LogP contribution in [0.15, 0.2) is 47.4 Å². The number of benzene rings is 1. The van der Waals surface area contributed by atoms with Crippen molar-refractivity contribution < 1.29 is 4.42 Å². The Balaban J connectivity index is 1.70. The Kier molecular flexibility index (Phi) is 2.81. The lowest BCUT2D eigenvalue weighted by Crippen LogP contribution is -2.16. The third kappa shape index (κ3) is 2.23. The lowest BCUT2D eigenvalue weighted by Gasteiger charge is -2.05. The Morgan fingerprint density at radius 1 is 1.30 bits per heavy atom. The van der Waals surface area contributed by atoms with E-state index in [-0.39, 0.29) is 0 Å². The molecule has 1 aliphatic carbocycles. The molecule has 0 bridgehead atoms. The average molecular weight is 267 g/mol. The van der Waals surface area contributed by atoms with Gasteiger partial charge in [-0.3, -0.25) is 0 Å². The summed E-state index contributed by atoms with van der Waals surface area (Å²) in [5, 5.41) is 4.80. The van der Waals surface area contributed by atoms with Crippen LogP contribution in [0.5, 0.6) is 0 Å². The highest BCUT2D eigenvalue weighted by Crippen LogP contribution is 2.28. The summed E-state index contributed by atoms with van der Waals surface area (Å²) in [6.07, 6.45) is 8.18. The fourth-order valence-corrected chi connectivity index (χ4v) is 2.55. The number of aromatic nitrogens is 2. The standard InChI is InChI=1S/C16H17N3O/c1-2-4-15-13(3-1)14(9-18-12-5-6-12)16(20-15)10-19-8-7-17-11-19/h1-4,7-8,11-12,18H,5-6,9-10H2. The molecule has 102 valence electrons. The van der Waals surface area contributed by atoms with Crippen molar-refractivity contribution in [2.45, 2.75) is 32.0 Å². The lowest BCUT2D eigenvalue weighted by atomic mass is 10.1. The second-order valence-corrected chi connectivity index (χ2v) is 5.39. The largest absolute Gasteiger partial charge is 0.459 e. The number of nitrogens with one attached hydrogen (secondary N) is 1. The molecule has 1 aromatic carbocycles. The third-order valence-corrected chi connectivity index (χ3v) is 3.81. The highest BCUT2D eigenvalue weighted by atomic mass is 16.3. The van der Waals surface area contributed by atoms with Crippen molar-refractivity contribution in [2.24, 2.45) is 0 Å². The average Bonchev–Trinajstić information content (AvgIpc) is 3.03. The molecule has 1 fully saturated rings. The van der Waals surface area contributed by atoms with E-state index in [1.54, 1.807) is 6.20 Å². The molecule has 4 rings (SSSR count). The maximum atomic E-state index is 6.04. The molecule has 0 amide bonds. The zero-order chi connectivity index (χ0) is 13.4. The molecule has 2 aromatic heterocycles. The number of hydrogen-bond donors (Lipinski definition) is 1. The first-order chi connectivity index (χ1) is 9.90. The van der Waals surface area contributed by atoms with Crippen LogP contribution >= 0.6 is 0 Å². The molecule has 4 nitrogen and oxygen atoms in total. The first kappa shape index (κ1) is 11.7. The topological polar surface area (TPSA) is 43.0 Å². The van der Waals surface area contributed by atoms with Crippen LogP contribution in [-0.2, 0) is 13.1 Å². The summed E-state index contributed by atoms with van der Waals surface area (Å²) in [6.45, 7) is 1.61. The van der Waals surface area contributed by atoms with E-state index >= 15 is 0 Å². The van der Waals surface area contributed by atoms with Gasteiger partial charge >= 0.3 is 0 Å². The number of para-hydroxylation sites is 1. The second-order valence-electron chi connectivity index (χ2n) is 5.39. The van der Waals surface area contributed by atoms with E-state index in [0.29, 0.717) is 6.04 Å². The van der Waals surface area contributed by atoms with Crippen molar-refractivity contribution in [3.8, 4) is 0 Å². The van der Waals surface area contributed by atoms with Gasteiger partial charge in [-0.1, -0.05) is 18.2 Å². The van der Waals surface area contributed by atoms with Crippen LogP contribution in [0.25, 0.3) is 11.0 Å². The lowest BCUT2D eigenvalue weighted by molar-refractivity contribution is 0.516. The Morgan fingerprint density at radius 3 is 3.00 bits per heavy atom. The van der Waals surface area contributed by atoms with Gasteiger partial charge in [-0.05, 0) is 18.9 Å². The molecule has 1 N–H and O–H groups in total. The van der Waals surface area contributed by atoms with Crippen molar-refractivity contribution in [1.29, 1.82) is 0 Å². The summed E-state index contributed by atoms with van der Waals surface area (Å²) in [4.78, 5) is 4.09. The Labute approximate surface area is 117 Å². The van der Waals surface area contributed by atoms with Crippen LogP contribution < -0.4 is 5.32 Å². The Hall–Kier alpha value is -2.07. The van der Waals surface area contributed by atoms with Crippen molar-refractivity contribution >= 4 is 11.0 Å². The summed E-state index contributed by atoms with van der Waals surface area (Å²) in [5.41, 5.74) is 2.25. The second kappa shape index (κ2) is 4.80. The molecule has 0 radical (unpaired) electrons. The van der Waals surface area contributed by atoms with Gasteiger partial charge in [0.15, 0.2) is 0 Å². The van der Waals surface area contributed by atoms with Crippen molar-refractivity contribution in [1.82, 2.24) is 14.9 Å². The molecule has 0 unspecified atom stereocenters. The molecule has 4 heteroatoms. The van der Waals surface area contributed by atoms with Crippen LogP contribution in [0.2, 0.25) is 0 Å². The van der Waals surface area contributed by atoms with Crippen LogP contribution in [0.3, 0.4) is 0 Å². The minimum Gasteiger partial charge on any atom is -0.459 e. The molecule has 2 heterocycles. The van der Waals surface area contributed by atoms with E-state index in [1.807, 2.05) is 29.2 Å². The number of imidazole rings is 1. The van der Waals surface area contributed by atoms with E-state index in [9.17, 15) is 0 Å². The zero-order valence-corrected chi connectivity index (χ0v) is 11.2. The van der Waals surface area contributed by atoms with E-state index in [0.717, 1.165) is 24.4 Å². The molecular weight excluding hydrogens is 250 g/mol. The number of rotatable bonds is 5. The van der Waals surface area contributed by atoms with E-state index in [4.69, 9.17) is 4.42 Å². The van der Waals surface area contributed by atoms with Crippen LogP contribution in [0, 0.1) is 0 Å². The van der Waals surface area contributed by atoms with Crippen molar-refractivity contribution in [2.75, 3.05) is 0 Å². The minimum absolute atomic E-state index is 0.699. The van der Waals surface area contributed by atoms with Crippen LogP contribution in [0.4, 0.5) is 0 Å². The van der Waals surface area contributed by atoms with E-state index in [2.05, 4.69) is 22.4 Å². The SMILES string of the molecule is c1ccc2c(CNC3CC3)c(Cn3ccnc3)oc2c1. The molecule has 1 aliphatic rings. The monoisotopic (exact) mass is 267 g/mol. The molecular formula is C16H17N3O. The third-order valence-electron chi connectivity index (χ3n) is 3.81. The first-order valence-corrected chi connectivity index (χ1v) is 7.08. The van der Waals surface area contributed by atoms with Gasteiger partial charge in [0.1, 0.15) is 11.3 Å². The number of nitrogens with zero attached hydrogens (tertiary/aromatic N) is 2. The van der Waals surface area contributed by atoms with Gasteiger partial charge in [0.25, 0.3) is 0 Å². The number of hydrogen-bond acceptors (Lipinski definition) is 3. The maximum Gasteiger partial charge on any atom is 0.134 e. The summed E-state index contributed by atoms with van der Waals surface area (Å²) in [7, 11) is 0.